The molecule has 1 amide bonds. The monoisotopic (exact) mass is 261 g/mol. The number of carbonyl (C=O) groups is 1. The number of ether oxygens (including phenoxy) is 1. The van der Waals surface area contributed by atoms with Crippen molar-refractivity contribution >= 4 is 12.2 Å². The van der Waals surface area contributed by atoms with Gasteiger partial charge < -0.3 is 20.5 Å². The summed E-state index contributed by atoms with van der Waals surface area (Å²) in [6.07, 6.45) is 5.19. The highest BCUT2D eigenvalue weighted by atomic mass is 19.1. The van der Waals surface area contributed by atoms with Crippen molar-refractivity contribution in [3.8, 4) is 0 Å². The number of hydrogen-bond acceptors (Lipinski definition) is 4. The predicted octanol–water partition coefficient (Wildman–Crippen LogP) is 0.0286. The summed E-state index contributed by atoms with van der Waals surface area (Å²) in [7, 11) is 2.34. The number of halogens is 1. The molecule has 0 aliphatic carbocycles. The first-order valence-electron chi connectivity index (χ1n) is 5.48. The molecule has 1 saturated heterocycles. The van der Waals surface area contributed by atoms with Crippen LogP contribution in [0.3, 0.4) is 0 Å². The summed E-state index contributed by atoms with van der Waals surface area (Å²) >= 11 is 0. The predicted molar refractivity (Wildman–Crippen MR) is 66.6 cm³/mol. The van der Waals surface area contributed by atoms with Crippen LogP contribution in [0.2, 0.25) is 0 Å². The van der Waals surface area contributed by atoms with Crippen LogP contribution in [0.1, 0.15) is 12.8 Å². The molecule has 18 heavy (non-hydrogen) atoms. The summed E-state index contributed by atoms with van der Waals surface area (Å²) in [5.74, 6) is 0.151. The van der Waals surface area contributed by atoms with Gasteiger partial charge in [-0.1, -0.05) is 0 Å². The molecular formula is C11H20FN3O3. The minimum atomic E-state index is -0.0816. The number of nitrogens with two attached hydrogens (primary N) is 1. The fourth-order valence-corrected chi connectivity index (χ4v) is 1.51. The van der Waals surface area contributed by atoms with E-state index in [9.17, 15) is 9.18 Å². The van der Waals surface area contributed by atoms with E-state index in [1.807, 2.05) is 11.9 Å². The molecule has 0 aromatic carbocycles. The van der Waals surface area contributed by atoms with E-state index in [1.54, 1.807) is 6.20 Å². The second-order valence-corrected chi connectivity index (χ2v) is 3.61. The highest BCUT2D eigenvalue weighted by molar-refractivity contribution is 5.95. The molecule has 3 N–H and O–H groups in total. The number of aliphatic hydroxyl groups is 1. The van der Waals surface area contributed by atoms with Crippen LogP contribution in [0.15, 0.2) is 17.3 Å². The van der Waals surface area contributed by atoms with Crippen LogP contribution in [0.5, 0.6) is 0 Å². The zero-order valence-electron chi connectivity index (χ0n) is 10.6. The smallest absolute Gasteiger partial charge is 0.234 e. The highest BCUT2D eigenvalue weighted by Gasteiger charge is 2.26. The SMILES string of the molecule is CF.CN(/C=C\C(N)=NC=O)C1CCC(CO)O1. The standard InChI is InChI=1S/C10H17N3O3.CH3F/c1-13(5-4-9(11)12-7-15)10-3-2-8(6-14)16-10;1-2/h4-5,7-8,10,14H,2-3,6H2,1H3,(H2,11,12,15);1H3/b5-4-;. The molecule has 1 aliphatic rings. The summed E-state index contributed by atoms with van der Waals surface area (Å²) in [6, 6.07) is 0. The Morgan fingerprint density at radius 3 is 2.78 bits per heavy atom. The van der Waals surface area contributed by atoms with Gasteiger partial charge in [0.25, 0.3) is 0 Å². The van der Waals surface area contributed by atoms with Gasteiger partial charge in [0.05, 0.1) is 19.9 Å². The minimum Gasteiger partial charge on any atom is -0.394 e. The van der Waals surface area contributed by atoms with E-state index in [2.05, 4.69) is 4.99 Å². The van der Waals surface area contributed by atoms with Crippen molar-refractivity contribution in [1.29, 1.82) is 0 Å². The van der Waals surface area contributed by atoms with Crippen molar-refractivity contribution in [2.45, 2.75) is 25.2 Å². The molecule has 2 atom stereocenters. The van der Waals surface area contributed by atoms with Gasteiger partial charge in [-0.15, -0.1) is 0 Å². The molecule has 7 heteroatoms. The molecule has 0 aromatic heterocycles. The topological polar surface area (TPSA) is 88.2 Å². The van der Waals surface area contributed by atoms with Gasteiger partial charge in [-0.2, -0.15) is 4.99 Å². The van der Waals surface area contributed by atoms with E-state index in [0.717, 1.165) is 12.8 Å². The van der Waals surface area contributed by atoms with Gasteiger partial charge in [-0.25, -0.2) is 0 Å². The lowest BCUT2D eigenvalue weighted by atomic mass is 10.2. The average Bonchev–Trinajstić information content (AvgIpc) is 2.87. The lowest BCUT2D eigenvalue weighted by Gasteiger charge is -2.22. The largest absolute Gasteiger partial charge is 0.394 e. The van der Waals surface area contributed by atoms with Gasteiger partial charge >= 0.3 is 0 Å². The lowest BCUT2D eigenvalue weighted by Crippen LogP contribution is -2.28. The Balaban J connectivity index is 0.00000137. The zero-order valence-corrected chi connectivity index (χ0v) is 10.6. The van der Waals surface area contributed by atoms with Crippen LogP contribution in [0.4, 0.5) is 4.39 Å². The first kappa shape index (κ1) is 16.5. The van der Waals surface area contributed by atoms with Gasteiger partial charge in [0.2, 0.25) is 6.41 Å². The second-order valence-electron chi connectivity index (χ2n) is 3.61. The van der Waals surface area contributed by atoms with Crippen molar-refractivity contribution in [2.24, 2.45) is 10.7 Å². The van der Waals surface area contributed by atoms with E-state index in [0.29, 0.717) is 13.6 Å². The number of aliphatic imine (C=N–C) groups is 1. The summed E-state index contributed by atoms with van der Waals surface area (Å²) < 4.78 is 15.0. The minimum absolute atomic E-state index is 0.0444. The number of amides is 1. The number of amidine groups is 1. The maximum atomic E-state index is 10.0. The summed E-state index contributed by atoms with van der Waals surface area (Å²) in [6.45, 7) is 0.0444. The van der Waals surface area contributed by atoms with Gasteiger partial charge in [-0.05, 0) is 18.9 Å². The molecule has 1 heterocycles. The van der Waals surface area contributed by atoms with Crippen LogP contribution in [-0.4, -0.2) is 55.4 Å². The summed E-state index contributed by atoms with van der Waals surface area (Å²) in [5, 5.41) is 8.91. The Morgan fingerprint density at radius 1 is 1.61 bits per heavy atom. The summed E-state index contributed by atoms with van der Waals surface area (Å²) in [5.41, 5.74) is 5.41. The molecule has 0 bridgehead atoms. The fourth-order valence-electron chi connectivity index (χ4n) is 1.51. The molecule has 104 valence electrons. The Bertz CT molecular complexity index is 297. The van der Waals surface area contributed by atoms with Crippen LogP contribution < -0.4 is 5.73 Å². The second kappa shape index (κ2) is 9.55. The number of rotatable bonds is 5. The van der Waals surface area contributed by atoms with Gasteiger partial charge in [-0.3, -0.25) is 9.18 Å². The van der Waals surface area contributed by atoms with E-state index in [1.165, 1.54) is 6.08 Å². The van der Waals surface area contributed by atoms with Crippen molar-refractivity contribution < 1.29 is 19.0 Å². The van der Waals surface area contributed by atoms with Crippen molar-refractivity contribution in [2.75, 3.05) is 20.8 Å². The first-order chi connectivity index (χ1) is 8.67. The molecule has 0 spiro atoms. The molecule has 0 saturated carbocycles. The quantitative estimate of drug-likeness (QED) is 0.414. The molecule has 1 fully saturated rings. The highest BCUT2D eigenvalue weighted by Crippen LogP contribution is 2.21. The van der Waals surface area contributed by atoms with Crippen LogP contribution >= 0.6 is 0 Å². The van der Waals surface area contributed by atoms with Crippen LogP contribution in [0, 0.1) is 0 Å². The maximum absolute atomic E-state index is 10.0. The van der Waals surface area contributed by atoms with E-state index in [4.69, 9.17) is 15.6 Å². The van der Waals surface area contributed by atoms with E-state index < -0.39 is 0 Å². The maximum Gasteiger partial charge on any atom is 0.234 e. The molecule has 0 radical (unpaired) electrons. The van der Waals surface area contributed by atoms with E-state index in [-0.39, 0.29) is 24.8 Å². The molecule has 2 unspecified atom stereocenters. The zero-order chi connectivity index (χ0) is 14.0. The Morgan fingerprint density at radius 2 is 2.28 bits per heavy atom. The average molecular weight is 261 g/mol. The normalized spacial score (nSPS) is 23.7. The van der Waals surface area contributed by atoms with E-state index >= 15 is 0 Å². The van der Waals surface area contributed by atoms with Crippen LogP contribution in [-0.2, 0) is 9.53 Å². The third-order valence-electron chi connectivity index (χ3n) is 2.43. The number of carbonyl (C=O) groups excluding carboxylic acids is 1. The lowest BCUT2D eigenvalue weighted by molar-refractivity contribution is -0.106. The van der Waals surface area contributed by atoms with Gasteiger partial charge in [0.15, 0.2) is 0 Å². The molecule has 1 rings (SSSR count). The van der Waals surface area contributed by atoms with Crippen molar-refractivity contribution in [3.05, 3.63) is 12.3 Å². The van der Waals surface area contributed by atoms with Crippen molar-refractivity contribution in [1.82, 2.24) is 4.90 Å². The van der Waals surface area contributed by atoms with Gasteiger partial charge in [0, 0.05) is 13.2 Å². The number of alkyl halides is 1. The third kappa shape index (κ3) is 5.74. The number of aliphatic hydroxyl groups excluding tert-OH is 1. The molecular weight excluding hydrogens is 241 g/mol. The Labute approximate surface area is 106 Å². The Hall–Kier alpha value is -1.47. The number of nitrogens with zero attached hydrogens (tertiary/aromatic N) is 2. The Kier molecular flexibility index (Phi) is 8.77. The molecule has 1 aliphatic heterocycles. The van der Waals surface area contributed by atoms with Gasteiger partial charge in [0.1, 0.15) is 12.1 Å². The van der Waals surface area contributed by atoms with Crippen molar-refractivity contribution in [3.63, 3.8) is 0 Å². The molecule has 6 nitrogen and oxygen atoms in total. The summed E-state index contributed by atoms with van der Waals surface area (Å²) in [4.78, 5) is 15.2. The first-order valence-corrected chi connectivity index (χ1v) is 5.48. The van der Waals surface area contributed by atoms with Crippen LogP contribution in [0.25, 0.3) is 0 Å². The third-order valence-corrected chi connectivity index (χ3v) is 2.43. The number of hydrogen-bond donors (Lipinski definition) is 2. The molecule has 0 aromatic rings. The fraction of sp³-hybridized carbons (Fsp3) is 0.636.